The molecule has 4 saturated heterocycles. The van der Waals surface area contributed by atoms with Crippen molar-refractivity contribution in [1.29, 1.82) is 0 Å². The number of piperidine rings is 2. The highest BCUT2D eigenvalue weighted by atomic mass is 35.5. The highest BCUT2D eigenvalue weighted by Crippen LogP contribution is 2.40. The molecule has 1 saturated carbocycles. The lowest BCUT2D eigenvalue weighted by molar-refractivity contribution is -0.138. The highest BCUT2D eigenvalue weighted by Gasteiger charge is 2.48. The Morgan fingerprint density at radius 3 is 2.62 bits per heavy atom. The van der Waals surface area contributed by atoms with Crippen LogP contribution in [0.15, 0.2) is 0 Å². The number of ether oxygens (including phenoxy) is 1. The van der Waals surface area contributed by atoms with E-state index in [1.807, 2.05) is 0 Å². The molecule has 4 aliphatic heterocycles. The van der Waals surface area contributed by atoms with Crippen molar-refractivity contribution >= 4 is 35.2 Å². The summed E-state index contributed by atoms with van der Waals surface area (Å²) in [5.41, 5.74) is -0.400. The highest BCUT2D eigenvalue weighted by molar-refractivity contribution is 8.00. The number of carbonyl (C=O) groups excluding carboxylic acids is 2. The maximum atomic E-state index is 13.9. The van der Waals surface area contributed by atoms with Crippen LogP contribution in [-0.4, -0.2) is 97.0 Å². The summed E-state index contributed by atoms with van der Waals surface area (Å²) in [5.74, 6) is -1.95. The number of hydrogen-bond acceptors (Lipinski definition) is 7. The standard InChI is InChI=1S/C26H41ClF3N5O3S/c1-12-5-14(15-7-22(27)32-9-20(15)38-2)17(8-31-12)24(36)34-26-33-19-10-35(11-21(19)39-26)25(37)13-3-4-18(28)16(6-13)23(29)30/h12-23,26,31-33H,3-11H2,1-2H3,(H,34,36). The van der Waals surface area contributed by atoms with Gasteiger partial charge in [-0.3, -0.25) is 20.2 Å². The minimum atomic E-state index is -2.75. The van der Waals surface area contributed by atoms with Gasteiger partial charge in [0.05, 0.1) is 23.4 Å². The normalized spacial score (nSPS) is 44.8. The van der Waals surface area contributed by atoms with E-state index < -0.39 is 24.4 Å². The molecule has 12 unspecified atom stereocenters. The molecule has 0 radical (unpaired) electrons. The second-order valence-electron chi connectivity index (χ2n) is 12.0. The number of nitrogens with one attached hydrogen (secondary N) is 4. The van der Waals surface area contributed by atoms with Gasteiger partial charge in [0.15, 0.2) is 0 Å². The third-order valence-electron chi connectivity index (χ3n) is 9.53. The van der Waals surface area contributed by atoms with E-state index in [-0.39, 0.29) is 70.8 Å². The predicted octanol–water partition coefficient (Wildman–Crippen LogP) is 2.13. The number of thioether (sulfide) groups is 1. The summed E-state index contributed by atoms with van der Waals surface area (Å²) in [6.45, 7) is 4.36. The number of methoxy groups -OCH3 is 1. The third-order valence-corrected chi connectivity index (χ3v) is 11.2. The summed E-state index contributed by atoms with van der Waals surface area (Å²) in [4.78, 5) is 28.4. The molecule has 12 atom stereocenters. The molecule has 4 heterocycles. The van der Waals surface area contributed by atoms with E-state index >= 15 is 0 Å². The maximum absolute atomic E-state index is 13.9. The van der Waals surface area contributed by atoms with Crippen LogP contribution in [0.25, 0.3) is 0 Å². The maximum Gasteiger partial charge on any atom is 0.244 e. The fourth-order valence-corrected chi connectivity index (χ4v) is 9.06. The van der Waals surface area contributed by atoms with Crippen LogP contribution >= 0.6 is 23.4 Å². The monoisotopic (exact) mass is 595 g/mol. The van der Waals surface area contributed by atoms with Gasteiger partial charge >= 0.3 is 0 Å². The molecule has 5 fully saturated rings. The van der Waals surface area contributed by atoms with Crippen molar-refractivity contribution in [3.63, 3.8) is 0 Å². The molecule has 5 rings (SSSR count). The first-order valence-corrected chi connectivity index (χ1v) is 15.6. The molecular weight excluding hydrogens is 555 g/mol. The van der Waals surface area contributed by atoms with Gasteiger partial charge in [-0.2, -0.15) is 0 Å². The van der Waals surface area contributed by atoms with Gasteiger partial charge in [0.25, 0.3) is 0 Å². The largest absolute Gasteiger partial charge is 0.380 e. The van der Waals surface area contributed by atoms with Gasteiger partial charge in [-0.1, -0.05) is 0 Å². The molecular formula is C26H41ClF3N5O3S. The lowest BCUT2D eigenvalue weighted by Crippen LogP contribution is -2.57. The zero-order chi connectivity index (χ0) is 27.8. The van der Waals surface area contributed by atoms with E-state index in [1.165, 1.54) is 0 Å². The number of alkyl halides is 4. The summed E-state index contributed by atoms with van der Waals surface area (Å²) >= 11 is 8.04. The Labute approximate surface area is 237 Å². The lowest BCUT2D eigenvalue weighted by Gasteiger charge is -2.45. The van der Waals surface area contributed by atoms with Crippen LogP contribution in [0, 0.1) is 29.6 Å². The molecule has 39 heavy (non-hydrogen) atoms. The minimum Gasteiger partial charge on any atom is -0.380 e. The van der Waals surface area contributed by atoms with Gasteiger partial charge in [-0.05, 0) is 50.9 Å². The number of halogens is 4. The number of rotatable bonds is 6. The molecule has 0 bridgehead atoms. The molecule has 0 spiro atoms. The second kappa shape index (κ2) is 12.6. The molecule has 4 N–H and O–H groups in total. The molecule has 2 amide bonds. The summed E-state index contributed by atoms with van der Waals surface area (Å²) in [6.07, 6.45) is -2.43. The van der Waals surface area contributed by atoms with Gasteiger partial charge in [0.2, 0.25) is 18.2 Å². The van der Waals surface area contributed by atoms with Gasteiger partial charge in [0.1, 0.15) is 11.7 Å². The number of fused-ring (bicyclic) bond motifs is 1. The first kappa shape index (κ1) is 29.7. The number of likely N-dealkylation sites (tertiary alicyclic amines) is 1. The molecule has 13 heteroatoms. The molecule has 1 aliphatic carbocycles. The number of nitrogens with zero attached hydrogens (tertiary/aromatic N) is 1. The van der Waals surface area contributed by atoms with Crippen molar-refractivity contribution < 1.29 is 27.5 Å². The summed E-state index contributed by atoms with van der Waals surface area (Å²) in [5, 5.41) is 13.5. The van der Waals surface area contributed by atoms with Crippen LogP contribution in [0.2, 0.25) is 0 Å². The average Bonchev–Trinajstić information content (AvgIpc) is 3.47. The SMILES string of the molecule is COC1CNC(Cl)CC1C1CC(C)NCC1C(=O)NC1NC2CN(C(=O)C3CCC(F)C(C(F)F)C3)CC2S1. The number of amides is 2. The van der Waals surface area contributed by atoms with E-state index in [4.69, 9.17) is 16.3 Å². The average molecular weight is 596 g/mol. The Hall–Kier alpha value is -0.790. The van der Waals surface area contributed by atoms with Gasteiger partial charge in [0, 0.05) is 56.5 Å². The van der Waals surface area contributed by atoms with Gasteiger partial charge in [-0.15, -0.1) is 23.4 Å². The fraction of sp³-hybridized carbons (Fsp3) is 0.923. The Kier molecular flexibility index (Phi) is 9.60. The van der Waals surface area contributed by atoms with Crippen molar-refractivity contribution in [2.45, 2.75) is 86.1 Å². The lowest BCUT2D eigenvalue weighted by atomic mass is 9.70. The first-order chi connectivity index (χ1) is 18.6. The van der Waals surface area contributed by atoms with Crippen molar-refractivity contribution in [2.24, 2.45) is 29.6 Å². The number of carbonyl (C=O) groups is 2. The summed E-state index contributed by atoms with van der Waals surface area (Å²) < 4.78 is 46.1. The predicted molar refractivity (Wildman–Crippen MR) is 144 cm³/mol. The Bertz CT molecular complexity index is 882. The first-order valence-electron chi connectivity index (χ1n) is 14.2. The Morgan fingerprint density at radius 2 is 1.90 bits per heavy atom. The Balaban J connectivity index is 1.15. The minimum absolute atomic E-state index is 0.00200. The molecule has 0 aromatic carbocycles. The quantitative estimate of drug-likeness (QED) is 0.276. The topological polar surface area (TPSA) is 94.7 Å². The zero-order valence-electron chi connectivity index (χ0n) is 22.5. The summed E-state index contributed by atoms with van der Waals surface area (Å²) in [6, 6.07) is 0.310. The third kappa shape index (κ3) is 6.51. The van der Waals surface area contributed by atoms with Crippen molar-refractivity contribution in [1.82, 2.24) is 26.2 Å². The van der Waals surface area contributed by atoms with E-state index in [0.29, 0.717) is 38.6 Å². The van der Waals surface area contributed by atoms with E-state index in [9.17, 15) is 22.8 Å². The van der Waals surface area contributed by atoms with E-state index in [1.54, 1.807) is 23.8 Å². The van der Waals surface area contributed by atoms with Crippen LogP contribution in [0.5, 0.6) is 0 Å². The van der Waals surface area contributed by atoms with Crippen LogP contribution in [-0.2, 0) is 14.3 Å². The van der Waals surface area contributed by atoms with Gasteiger partial charge < -0.3 is 20.3 Å². The van der Waals surface area contributed by atoms with Crippen LogP contribution in [0.3, 0.4) is 0 Å². The van der Waals surface area contributed by atoms with Crippen molar-refractivity contribution in [3.05, 3.63) is 0 Å². The van der Waals surface area contributed by atoms with E-state index in [0.717, 1.165) is 12.8 Å². The summed E-state index contributed by atoms with van der Waals surface area (Å²) in [7, 11) is 1.71. The molecule has 222 valence electrons. The van der Waals surface area contributed by atoms with Crippen LogP contribution in [0.1, 0.15) is 39.0 Å². The molecule has 0 aromatic heterocycles. The van der Waals surface area contributed by atoms with Crippen LogP contribution in [0.4, 0.5) is 13.2 Å². The Morgan fingerprint density at radius 1 is 1.10 bits per heavy atom. The van der Waals surface area contributed by atoms with Gasteiger partial charge in [-0.25, -0.2) is 13.2 Å². The fourth-order valence-electron chi connectivity index (χ4n) is 7.36. The zero-order valence-corrected chi connectivity index (χ0v) is 24.0. The number of hydrogen-bond donors (Lipinski definition) is 4. The second-order valence-corrected chi connectivity index (χ2v) is 13.8. The van der Waals surface area contributed by atoms with Crippen molar-refractivity contribution in [3.8, 4) is 0 Å². The smallest absolute Gasteiger partial charge is 0.244 e. The van der Waals surface area contributed by atoms with Crippen LogP contribution < -0.4 is 21.3 Å². The van der Waals surface area contributed by atoms with Crippen molar-refractivity contribution in [2.75, 3.05) is 33.3 Å². The molecule has 0 aromatic rings. The molecule has 8 nitrogen and oxygen atoms in total. The van der Waals surface area contributed by atoms with E-state index in [2.05, 4.69) is 28.2 Å². The molecule has 5 aliphatic rings.